The standard InChI is InChI=1S/C13H17N5O2/c1-8-6-18(7-9(2)20-8)13(19)14-10-3-4-11-12(5-10)16-17-15-11/h3-5,8-9H,6-7H2,1-2H3,(H,14,19)(H,15,16,17). The minimum absolute atomic E-state index is 0.0579. The van der Waals surface area contributed by atoms with Crippen LogP contribution in [0, 0.1) is 0 Å². The Bertz CT molecular complexity index is 616. The molecule has 7 heteroatoms. The summed E-state index contributed by atoms with van der Waals surface area (Å²) in [7, 11) is 0. The van der Waals surface area contributed by atoms with Gasteiger partial charge in [0.05, 0.1) is 12.2 Å². The molecule has 7 nitrogen and oxygen atoms in total. The first-order valence-corrected chi connectivity index (χ1v) is 6.64. The molecule has 1 aliphatic rings. The molecule has 20 heavy (non-hydrogen) atoms. The van der Waals surface area contributed by atoms with Crippen LogP contribution in [0.5, 0.6) is 0 Å². The molecule has 1 aliphatic heterocycles. The number of rotatable bonds is 1. The van der Waals surface area contributed by atoms with Gasteiger partial charge in [0.25, 0.3) is 0 Å². The maximum atomic E-state index is 12.2. The first kappa shape index (κ1) is 12.9. The van der Waals surface area contributed by atoms with Crippen molar-refractivity contribution in [1.82, 2.24) is 20.3 Å². The van der Waals surface area contributed by atoms with E-state index in [0.29, 0.717) is 18.8 Å². The highest BCUT2D eigenvalue weighted by Crippen LogP contribution is 2.17. The summed E-state index contributed by atoms with van der Waals surface area (Å²) in [5.74, 6) is 0. The molecule has 1 saturated heterocycles. The van der Waals surface area contributed by atoms with E-state index < -0.39 is 0 Å². The van der Waals surface area contributed by atoms with Crippen molar-refractivity contribution in [3.63, 3.8) is 0 Å². The molecule has 2 unspecified atom stereocenters. The fourth-order valence-corrected chi connectivity index (χ4v) is 2.46. The minimum Gasteiger partial charge on any atom is -0.372 e. The number of hydrogen-bond donors (Lipinski definition) is 2. The molecule has 1 aromatic heterocycles. The van der Waals surface area contributed by atoms with Gasteiger partial charge >= 0.3 is 6.03 Å². The van der Waals surface area contributed by atoms with Crippen molar-refractivity contribution >= 4 is 22.8 Å². The second-order valence-corrected chi connectivity index (χ2v) is 5.12. The predicted molar refractivity (Wildman–Crippen MR) is 74.5 cm³/mol. The number of fused-ring (bicyclic) bond motifs is 1. The molecule has 2 amide bonds. The molecule has 0 aliphatic carbocycles. The first-order chi connectivity index (χ1) is 9.61. The van der Waals surface area contributed by atoms with Crippen LogP contribution in [-0.4, -0.2) is 51.6 Å². The second kappa shape index (κ2) is 5.09. The number of ether oxygens (including phenoxy) is 1. The number of urea groups is 1. The number of nitrogens with zero attached hydrogens (tertiary/aromatic N) is 3. The number of anilines is 1. The molecule has 0 radical (unpaired) electrons. The Morgan fingerprint density at radius 1 is 1.30 bits per heavy atom. The smallest absolute Gasteiger partial charge is 0.322 e. The number of carbonyl (C=O) groups is 1. The average Bonchev–Trinajstić information content (AvgIpc) is 2.85. The molecule has 106 valence electrons. The summed E-state index contributed by atoms with van der Waals surface area (Å²) in [4.78, 5) is 14.0. The predicted octanol–water partition coefficient (Wildman–Crippen LogP) is 1.60. The molecule has 2 heterocycles. The molecule has 3 rings (SSSR count). The maximum Gasteiger partial charge on any atom is 0.322 e. The van der Waals surface area contributed by atoms with Crippen LogP contribution in [0.2, 0.25) is 0 Å². The van der Waals surface area contributed by atoms with Crippen LogP contribution in [0.1, 0.15) is 13.8 Å². The first-order valence-electron chi connectivity index (χ1n) is 6.64. The van der Waals surface area contributed by atoms with Crippen molar-refractivity contribution in [2.75, 3.05) is 18.4 Å². The topological polar surface area (TPSA) is 83.1 Å². The van der Waals surface area contributed by atoms with Crippen molar-refractivity contribution in [3.05, 3.63) is 18.2 Å². The zero-order valence-corrected chi connectivity index (χ0v) is 11.5. The Balaban J connectivity index is 1.71. The molecule has 2 atom stereocenters. The fraction of sp³-hybridized carbons (Fsp3) is 0.462. The molecule has 0 saturated carbocycles. The van der Waals surface area contributed by atoms with Gasteiger partial charge in [0.15, 0.2) is 0 Å². The molecular weight excluding hydrogens is 258 g/mol. The van der Waals surface area contributed by atoms with Gasteiger partial charge in [0.2, 0.25) is 0 Å². The third-order valence-corrected chi connectivity index (χ3v) is 3.27. The molecule has 1 fully saturated rings. The summed E-state index contributed by atoms with van der Waals surface area (Å²) in [5, 5.41) is 13.4. The van der Waals surface area contributed by atoms with Crippen LogP contribution in [0.3, 0.4) is 0 Å². The summed E-state index contributed by atoms with van der Waals surface area (Å²) >= 11 is 0. The van der Waals surface area contributed by atoms with Crippen molar-refractivity contribution in [2.45, 2.75) is 26.1 Å². The van der Waals surface area contributed by atoms with Gasteiger partial charge < -0.3 is 15.0 Å². The monoisotopic (exact) mass is 275 g/mol. The summed E-state index contributed by atoms with van der Waals surface area (Å²) in [6.45, 7) is 5.14. The van der Waals surface area contributed by atoms with Crippen LogP contribution in [-0.2, 0) is 4.74 Å². The van der Waals surface area contributed by atoms with E-state index >= 15 is 0 Å². The van der Waals surface area contributed by atoms with Gasteiger partial charge in [-0.05, 0) is 32.0 Å². The Morgan fingerprint density at radius 2 is 2.00 bits per heavy atom. The van der Waals surface area contributed by atoms with Crippen molar-refractivity contribution < 1.29 is 9.53 Å². The fourth-order valence-electron chi connectivity index (χ4n) is 2.46. The minimum atomic E-state index is -0.116. The van der Waals surface area contributed by atoms with Crippen LogP contribution in [0.4, 0.5) is 10.5 Å². The van der Waals surface area contributed by atoms with Gasteiger partial charge in [0.1, 0.15) is 11.0 Å². The van der Waals surface area contributed by atoms with Crippen LogP contribution in [0.15, 0.2) is 18.2 Å². The van der Waals surface area contributed by atoms with Gasteiger partial charge in [-0.1, -0.05) is 0 Å². The normalized spacial score (nSPS) is 23.0. The van der Waals surface area contributed by atoms with Gasteiger partial charge in [-0.25, -0.2) is 4.79 Å². The molecule has 2 aromatic rings. The lowest BCUT2D eigenvalue weighted by molar-refractivity contribution is -0.0530. The van der Waals surface area contributed by atoms with E-state index in [1.165, 1.54) is 0 Å². The number of carbonyl (C=O) groups excluding carboxylic acids is 1. The molecular formula is C13H17N5O2. The highest BCUT2D eigenvalue weighted by atomic mass is 16.5. The van der Waals surface area contributed by atoms with Gasteiger partial charge in [0, 0.05) is 18.8 Å². The lowest BCUT2D eigenvalue weighted by Crippen LogP contribution is -2.49. The van der Waals surface area contributed by atoms with Gasteiger partial charge in [-0.2, -0.15) is 15.4 Å². The largest absolute Gasteiger partial charge is 0.372 e. The second-order valence-electron chi connectivity index (χ2n) is 5.12. The molecule has 1 aromatic carbocycles. The Kier molecular flexibility index (Phi) is 3.27. The number of aromatic amines is 1. The van der Waals surface area contributed by atoms with Crippen LogP contribution in [0.25, 0.3) is 11.0 Å². The van der Waals surface area contributed by atoms with E-state index in [1.807, 2.05) is 26.0 Å². The van der Waals surface area contributed by atoms with E-state index in [4.69, 9.17) is 4.74 Å². The van der Waals surface area contributed by atoms with Crippen LogP contribution >= 0.6 is 0 Å². The maximum absolute atomic E-state index is 12.2. The number of benzene rings is 1. The number of amides is 2. The van der Waals surface area contributed by atoms with E-state index in [9.17, 15) is 4.79 Å². The molecule has 2 N–H and O–H groups in total. The number of aromatic nitrogens is 3. The highest BCUT2D eigenvalue weighted by molar-refractivity contribution is 5.91. The lowest BCUT2D eigenvalue weighted by Gasteiger charge is -2.35. The van der Waals surface area contributed by atoms with Crippen LogP contribution < -0.4 is 5.32 Å². The summed E-state index contributed by atoms with van der Waals surface area (Å²) < 4.78 is 5.62. The summed E-state index contributed by atoms with van der Waals surface area (Å²) in [5.41, 5.74) is 2.21. The summed E-state index contributed by atoms with van der Waals surface area (Å²) in [6, 6.07) is 5.31. The third-order valence-electron chi connectivity index (χ3n) is 3.27. The summed E-state index contributed by atoms with van der Waals surface area (Å²) in [6.07, 6.45) is 0.116. The van der Waals surface area contributed by atoms with E-state index in [-0.39, 0.29) is 18.2 Å². The highest BCUT2D eigenvalue weighted by Gasteiger charge is 2.25. The quantitative estimate of drug-likeness (QED) is 0.828. The lowest BCUT2D eigenvalue weighted by atomic mass is 10.2. The van der Waals surface area contributed by atoms with Crippen molar-refractivity contribution in [3.8, 4) is 0 Å². The Hall–Kier alpha value is -2.15. The SMILES string of the molecule is CC1CN(C(=O)Nc2ccc3n[nH]nc3c2)CC(C)O1. The van der Waals surface area contributed by atoms with Gasteiger partial charge in [-0.15, -0.1) is 0 Å². The van der Waals surface area contributed by atoms with E-state index in [2.05, 4.69) is 20.7 Å². The Morgan fingerprint density at radius 3 is 2.75 bits per heavy atom. The molecule has 0 spiro atoms. The third kappa shape index (κ3) is 2.57. The Labute approximate surface area is 116 Å². The van der Waals surface area contributed by atoms with Crippen molar-refractivity contribution in [2.24, 2.45) is 0 Å². The zero-order chi connectivity index (χ0) is 14.1. The number of H-pyrrole nitrogens is 1. The zero-order valence-electron chi connectivity index (χ0n) is 11.5. The molecule has 0 bridgehead atoms. The van der Waals surface area contributed by atoms with E-state index in [1.54, 1.807) is 11.0 Å². The van der Waals surface area contributed by atoms with Crippen molar-refractivity contribution in [1.29, 1.82) is 0 Å². The number of nitrogens with one attached hydrogen (secondary N) is 2. The number of morpholine rings is 1. The average molecular weight is 275 g/mol. The van der Waals surface area contributed by atoms with Gasteiger partial charge in [-0.3, -0.25) is 0 Å². The van der Waals surface area contributed by atoms with E-state index in [0.717, 1.165) is 11.0 Å². The number of hydrogen-bond acceptors (Lipinski definition) is 4.